The van der Waals surface area contributed by atoms with Crippen molar-refractivity contribution in [1.29, 1.82) is 5.26 Å². The van der Waals surface area contributed by atoms with E-state index in [1.807, 2.05) is 11.0 Å². The van der Waals surface area contributed by atoms with E-state index in [0.29, 0.717) is 30.9 Å². The Kier molecular flexibility index (Phi) is 4.97. The van der Waals surface area contributed by atoms with Crippen molar-refractivity contribution in [3.05, 3.63) is 33.5 Å². The normalized spacial score (nSPS) is 21.0. The number of fused-ring (bicyclic) bond motifs is 1. The highest BCUT2D eigenvalue weighted by Crippen LogP contribution is 2.27. The van der Waals surface area contributed by atoms with Crippen LogP contribution in [-0.4, -0.2) is 52.5 Å². The van der Waals surface area contributed by atoms with Crippen LogP contribution >= 0.6 is 11.3 Å². The summed E-state index contributed by atoms with van der Waals surface area (Å²) in [5, 5.41) is 18.1. The number of nitrogens with zero attached hydrogens (tertiary/aromatic N) is 3. The molecule has 0 aliphatic carbocycles. The molecule has 1 unspecified atom stereocenters. The number of carbonyl (C=O) groups excluding carboxylic acids is 1. The molecule has 0 saturated carbocycles. The van der Waals surface area contributed by atoms with Crippen LogP contribution in [0.5, 0.6) is 0 Å². The second kappa shape index (κ2) is 7.16. The summed E-state index contributed by atoms with van der Waals surface area (Å²) in [6.45, 7) is 2.44. The van der Waals surface area contributed by atoms with E-state index in [2.05, 4.69) is 6.07 Å². The molecule has 2 aliphatic rings. The molecule has 7 heteroatoms. The lowest BCUT2D eigenvalue weighted by Crippen LogP contribution is -2.36. The topological polar surface area (TPSA) is 84.6 Å². The fourth-order valence-corrected chi connectivity index (χ4v) is 4.31. The molecule has 1 saturated heterocycles. The minimum Gasteiger partial charge on any atom is -0.480 e. The Morgan fingerprint density at radius 1 is 1.46 bits per heavy atom. The first kappa shape index (κ1) is 16.7. The predicted molar refractivity (Wildman–Crippen MR) is 89.5 cm³/mol. The standard InChI is InChI=1S/C17H19N3O3S/c18-10-13-9-12-5-8-20(11-15(12)24-13)16(21)4-2-7-19-6-1-3-14(19)17(22)23/h2,4,9,14H,1,3,5-8,11H2,(H,22,23)/b4-2+. The van der Waals surface area contributed by atoms with Gasteiger partial charge >= 0.3 is 5.97 Å². The number of likely N-dealkylation sites (tertiary alicyclic amines) is 1. The van der Waals surface area contributed by atoms with E-state index >= 15 is 0 Å². The molecule has 3 rings (SSSR count). The zero-order chi connectivity index (χ0) is 17.1. The summed E-state index contributed by atoms with van der Waals surface area (Å²) in [6.07, 6.45) is 5.63. The molecule has 1 aromatic rings. The van der Waals surface area contributed by atoms with Crippen LogP contribution in [0.15, 0.2) is 18.2 Å². The van der Waals surface area contributed by atoms with Gasteiger partial charge in [-0.25, -0.2) is 0 Å². The van der Waals surface area contributed by atoms with Crippen LogP contribution < -0.4 is 0 Å². The summed E-state index contributed by atoms with van der Waals surface area (Å²) in [7, 11) is 0. The monoisotopic (exact) mass is 345 g/mol. The van der Waals surface area contributed by atoms with Crippen LogP contribution in [0.3, 0.4) is 0 Å². The number of hydrogen-bond donors (Lipinski definition) is 1. The predicted octanol–water partition coefficient (Wildman–Crippen LogP) is 1.61. The number of hydrogen-bond acceptors (Lipinski definition) is 5. The van der Waals surface area contributed by atoms with Gasteiger partial charge in [0.15, 0.2) is 0 Å². The van der Waals surface area contributed by atoms with Crippen molar-refractivity contribution in [2.24, 2.45) is 0 Å². The van der Waals surface area contributed by atoms with Crippen LogP contribution in [0.4, 0.5) is 0 Å². The van der Waals surface area contributed by atoms with Gasteiger partial charge in [0.05, 0.1) is 6.54 Å². The molecule has 126 valence electrons. The molecule has 3 heterocycles. The molecule has 0 spiro atoms. The van der Waals surface area contributed by atoms with Crippen molar-refractivity contribution in [2.45, 2.75) is 31.8 Å². The summed E-state index contributed by atoms with van der Waals surface area (Å²) in [5.41, 5.74) is 1.17. The number of nitriles is 1. The summed E-state index contributed by atoms with van der Waals surface area (Å²) in [6, 6.07) is 3.64. The molecular weight excluding hydrogens is 326 g/mol. The van der Waals surface area contributed by atoms with E-state index in [0.717, 1.165) is 24.3 Å². The quantitative estimate of drug-likeness (QED) is 0.838. The Morgan fingerprint density at radius 3 is 3.04 bits per heavy atom. The lowest BCUT2D eigenvalue weighted by molar-refractivity contribution is -0.141. The second-order valence-corrected chi connectivity index (χ2v) is 7.21. The van der Waals surface area contributed by atoms with Crippen LogP contribution in [0, 0.1) is 11.3 Å². The summed E-state index contributed by atoms with van der Waals surface area (Å²) in [4.78, 5) is 28.9. The van der Waals surface area contributed by atoms with E-state index in [1.54, 1.807) is 17.1 Å². The van der Waals surface area contributed by atoms with Gasteiger partial charge in [0.25, 0.3) is 0 Å². The van der Waals surface area contributed by atoms with Crippen molar-refractivity contribution in [3.8, 4) is 6.07 Å². The van der Waals surface area contributed by atoms with E-state index < -0.39 is 12.0 Å². The lowest BCUT2D eigenvalue weighted by atomic mass is 10.1. The molecule has 0 aromatic carbocycles. The number of thiophene rings is 1. The molecule has 1 N–H and O–H groups in total. The van der Waals surface area contributed by atoms with Gasteiger partial charge in [-0.15, -0.1) is 11.3 Å². The Morgan fingerprint density at radius 2 is 2.29 bits per heavy atom. The summed E-state index contributed by atoms with van der Waals surface area (Å²) < 4.78 is 0. The Balaban J connectivity index is 1.56. The highest BCUT2D eigenvalue weighted by molar-refractivity contribution is 7.12. The fourth-order valence-electron chi connectivity index (χ4n) is 3.28. The number of amides is 1. The molecule has 1 aromatic heterocycles. The van der Waals surface area contributed by atoms with E-state index in [-0.39, 0.29) is 5.91 Å². The zero-order valence-corrected chi connectivity index (χ0v) is 14.1. The van der Waals surface area contributed by atoms with Gasteiger partial charge in [-0.2, -0.15) is 5.26 Å². The number of carboxylic acid groups (broad SMARTS) is 1. The van der Waals surface area contributed by atoms with Crippen molar-refractivity contribution in [2.75, 3.05) is 19.6 Å². The number of carbonyl (C=O) groups is 2. The first-order valence-corrected chi connectivity index (χ1v) is 8.84. The molecule has 0 bridgehead atoms. The Bertz CT molecular complexity index is 719. The third-order valence-corrected chi connectivity index (χ3v) is 5.62. The highest BCUT2D eigenvalue weighted by atomic mass is 32.1. The third kappa shape index (κ3) is 3.50. The van der Waals surface area contributed by atoms with Crippen molar-refractivity contribution in [1.82, 2.24) is 9.80 Å². The lowest BCUT2D eigenvalue weighted by Gasteiger charge is -2.25. The molecule has 24 heavy (non-hydrogen) atoms. The number of rotatable bonds is 4. The van der Waals surface area contributed by atoms with E-state index in [4.69, 9.17) is 10.4 Å². The van der Waals surface area contributed by atoms with Crippen LogP contribution in [-0.2, 0) is 22.6 Å². The van der Waals surface area contributed by atoms with Crippen molar-refractivity contribution in [3.63, 3.8) is 0 Å². The van der Waals surface area contributed by atoms with Gasteiger partial charge in [-0.3, -0.25) is 14.5 Å². The summed E-state index contributed by atoms with van der Waals surface area (Å²) >= 11 is 1.45. The summed E-state index contributed by atoms with van der Waals surface area (Å²) in [5.74, 6) is -0.847. The second-order valence-electron chi connectivity index (χ2n) is 6.07. The van der Waals surface area contributed by atoms with Gasteiger partial charge in [-0.1, -0.05) is 6.08 Å². The SMILES string of the molecule is N#Cc1cc2c(s1)CN(C(=O)/C=C/CN1CCCC1C(=O)O)CC2. The van der Waals surface area contributed by atoms with Gasteiger partial charge in [0.2, 0.25) is 5.91 Å². The maximum atomic E-state index is 12.3. The largest absolute Gasteiger partial charge is 0.480 e. The van der Waals surface area contributed by atoms with Gasteiger partial charge < -0.3 is 10.0 Å². The van der Waals surface area contributed by atoms with Crippen molar-refractivity contribution < 1.29 is 14.7 Å². The van der Waals surface area contributed by atoms with E-state index in [1.165, 1.54) is 16.9 Å². The zero-order valence-electron chi connectivity index (χ0n) is 13.3. The molecule has 0 radical (unpaired) electrons. The minimum atomic E-state index is -0.790. The fraction of sp³-hybridized carbons (Fsp3) is 0.471. The molecule has 1 amide bonds. The molecule has 1 fully saturated rings. The maximum Gasteiger partial charge on any atom is 0.320 e. The number of carboxylic acids is 1. The van der Waals surface area contributed by atoms with Gasteiger partial charge in [0.1, 0.15) is 17.0 Å². The van der Waals surface area contributed by atoms with Gasteiger partial charge in [-0.05, 0) is 37.4 Å². The maximum absolute atomic E-state index is 12.3. The average molecular weight is 345 g/mol. The molecule has 6 nitrogen and oxygen atoms in total. The molecule has 2 aliphatic heterocycles. The molecule has 1 atom stereocenters. The van der Waals surface area contributed by atoms with Gasteiger partial charge in [0, 0.05) is 24.0 Å². The van der Waals surface area contributed by atoms with Crippen LogP contribution in [0.1, 0.15) is 28.2 Å². The average Bonchev–Trinajstić information content (AvgIpc) is 3.20. The smallest absolute Gasteiger partial charge is 0.320 e. The van der Waals surface area contributed by atoms with E-state index in [9.17, 15) is 9.59 Å². The highest BCUT2D eigenvalue weighted by Gasteiger charge is 2.29. The Labute approximate surface area is 144 Å². The van der Waals surface area contributed by atoms with Crippen molar-refractivity contribution >= 4 is 23.2 Å². The van der Waals surface area contributed by atoms with Crippen LogP contribution in [0.2, 0.25) is 0 Å². The third-order valence-electron chi connectivity index (χ3n) is 4.55. The minimum absolute atomic E-state index is 0.0568. The number of aliphatic carboxylic acids is 1. The van der Waals surface area contributed by atoms with Crippen LogP contribution in [0.25, 0.3) is 0 Å². The molecular formula is C17H19N3O3S. The first-order chi connectivity index (χ1) is 11.6. The Hall–Kier alpha value is -2.17. The first-order valence-electron chi connectivity index (χ1n) is 8.02.